The molecule has 0 amide bonds. The number of halogens is 1. The highest BCUT2D eigenvalue weighted by molar-refractivity contribution is 9.10. The van der Waals surface area contributed by atoms with Crippen LogP contribution in [0.15, 0.2) is 22.7 Å². The van der Waals surface area contributed by atoms with Crippen LogP contribution >= 0.6 is 15.9 Å². The van der Waals surface area contributed by atoms with Crippen molar-refractivity contribution in [3.05, 3.63) is 28.2 Å². The molecule has 0 aliphatic heterocycles. The maximum Gasteiger partial charge on any atom is 0.133 e. The summed E-state index contributed by atoms with van der Waals surface area (Å²) in [5.74, 6) is 0.794. The average molecular weight is 334 g/mol. The molecule has 1 N–H and O–H groups in total. The molecule has 0 saturated carbocycles. The molecule has 0 aromatic heterocycles. The highest BCUT2D eigenvalue weighted by atomic mass is 79.9. The van der Waals surface area contributed by atoms with E-state index in [1.165, 1.54) is 0 Å². The van der Waals surface area contributed by atoms with Crippen molar-refractivity contribution in [3.63, 3.8) is 0 Å². The van der Waals surface area contributed by atoms with Crippen molar-refractivity contribution in [2.75, 3.05) is 7.11 Å². The Balaban J connectivity index is 2.82. The Hall–Kier alpha value is -0.390. The molecule has 0 heterocycles. The minimum atomic E-state index is -1.08. The normalized spacial score (nSPS) is 15.2. The van der Waals surface area contributed by atoms with Gasteiger partial charge in [-0.3, -0.25) is 0 Å². The number of benzene rings is 1. The van der Waals surface area contributed by atoms with Crippen molar-refractivity contribution in [1.29, 1.82) is 0 Å². The third-order valence-electron chi connectivity index (χ3n) is 2.52. The molecule has 0 saturated heterocycles. The summed E-state index contributed by atoms with van der Waals surface area (Å²) in [6, 6.07) is 5.88. The van der Waals surface area contributed by atoms with Gasteiger partial charge in [0.2, 0.25) is 0 Å². The van der Waals surface area contributed by atoms with E-state index in [1.54, 1.807) is 7.11 Å². The monoisotopic (exact) mass is 333 g/mol. The lowest BCUT2D eigenvalue weighted by Gasteiger charge is -2.22. The molecule has 5 heteroatoms. The molecular formula is C13H20BrNO2S. The van der Waals surface area contributed by atoms with Crippen LogP contribution in [0.1, 0.15) is 39.3 Å². The lowest BCUT2D eigenvalue weighted by atomic mass is 10.1. The molecule has 3 nitrogen and oxygen atoms in total. The highest BCUT2D eigenvalue weighted by Crippen LogP contribution is 2.28. The van der Waals surface area contributed by atoms with E-state index in [-0.39, 0.29) is 10.8 Å². The second-order valence-electron chi connectivity index (χ2n) is 5.11. The van der Waals surface area contributed by atoms with Gasteiger partial charge in [0.25, 0.3) is 0 Å². The van der Waals surface area contributed by atoms with E-state index in [9.17, 15) is 4.21 Å². The third-order valence-corrected chi connectivity index (χ3v) is 4.82. The molecule has 102 valence electrons. The summed E-state index contributed by atoms with van der Waals surface area (Å²) in [4.78, 5) is 0. The summed E-state index contributed by atoms with van der Waals surface area (Å²) in [6.45, 7) is 7.85. The number of hydrogen-bond acceptors (Lipinski definition) is 2. The maximum absolute atomic E-state index is 12.0. The van der Waals surface area contributed by atoms with Gasteiger partial charge in [-0.15, -0.1) is 0 Å². The average Bonchev–Trinajstić information content (AvgIpc) is 2.27. The van der Waals surface area contributed by atoms with Gasteiger partial charge in [0.05, 0.1) is 27.3 Å². The molecule has 0 aliphatic carbocycles. The second kappa shape index (κ2) is 6.17. The molecule has 0 aliphatic rings. The van der Waals surface area contributed by atoms with Crippen molar-refractivity contribution in [1.82, 2.24) is 4.72 Å². The zero-order valence-electron chi connectivity index (χ0n) is 11.4. The Kier molecular flexibility index (Phi) is 5.37. The first kappa shape index (κ1) is 15.7. The number of nitrogens with one attached hydrogen (secondary N) is 1. The zero-order chi connectivity index (χ0) is 13.9. The zero-order valence-corrected chi connectivity index (χ0v) is 13.8. The van der Waals surface area contributed by atoms with Gasteiger partial charge in [0.1, 0.15) is 5.75 Å². The van der Waals surface area contributed by atoms with Crippen LogP contribution < -0.4 is 9.46 Å². The Morgan fingerprint density at radius 3 is 2.44 bits per heavy atom. The van der Waals surface area contributed by atoms with Gasteiger partial charge in [-0.25, -0.2) is 8.93 Å². The van der Waals surface area contributed by atoms with Crippen LogP contribution in [0.25, 0.3) is 0 Å². The predicted molar refractivity (Wildman–Crippen MR) is 80.1 cm³/mol. The second-order valence-corrected chi connectivity index (χ2v) is 7.97. The minimum absolute atomic E-state index is 0.0206. The van der Waals surface area contributed by atoms with E-state index < -0.39 is 11.0 Å². The molecule has 0 fully saturated rings. The fourth-order valence-corrected chi connectivity index (χ4v) is 2.73. The fourth-order valence-electron chi connectivity index (χ4n) is 1.36. The molecule has 1 rings (SSSR count). The molecule has 1 aromatic carbocycles. The van der Waals surface area contributed by atoms with E-state index in [4.69, 9.17) is 4.74 Å². The van der Waals surface area contributed by atoms with Crippen LogP contribution in [0.5, 0.6) is 5.75 Å². The van der Waals surface area contributed by atoms with Crippen LogP contribution in [-0.2, 0) is 11.0 Å². The summed E-state index contributed by atoms with van der Waals surface area (Å²) in [7, 11) is 0.557. The third kappa shape index (κ3) is 4.07. The summed E-state index contributed by atoms with van der Waals surface area (Å²) in [5, 5.41) is 0. The van der Waals surface area contributed by atoms with E-state index in [0.717, 1.165) is 15.8 Å². The molecule has 18 heavy (non-hydrogen) atoms. The van der Waals surface area contributed by atoms with Gasteiger partial charge < -0.3 is 4.74 Å². The van der Waals surface area contributed by atoms with Gasteiger partial charge in [-0.2, -0.15) is 0 Å². The summed E-state index contributed by atoms with van der Waals surface area (Å²) in [5.41, 5.74) is 1.07. The first-order valence-electron chi connectivity index (χ1n) is 5.77. The quantitative estimate of drug-likeness (QED) is 0.914. The van der Waals surface area contributed by atoms with Crippen LogP contribution in [0, 0.1) is 0 Å². The predicted octanol–water partition coefficient (Wildman–Crippen LogP) is 3.57. The molecule has 1 aromatic rings. The topological polar surface area (TPSA) is 38.3 Å². The Bertz CT molecular complexity index is 443. The fraction of sp³-hybridized carbons (Fsp3) is 0.538. The smallest absolute Gasteiger partial charge is 0.133 e. The van der Waals surface area contributed by atoms with Crippen molar-refractivity contribution < 1.29 is 8.95 Å². The largest absolute Gasteiger partial charge is 0.496 e. The van der Waals surface area contributed by atoms with Crippen LogP contribution in [0.4, 0.5) is 0 Å². The molecule has 1 unspecified atom stereocenters. The Morgan fingerprint density at radius 1 is 1.39 bits per heavy atom. The van der Waals surface area contributed by atoms with Gasteiger partial charge in [0.15, 0.2) is 0 Å². The van der Waals surface area contributed by atoms with E-state index in [0.29, 0.717) is 0 Å². The summed E-state index contributed by atoms with van der Waals surface area (Å²) in [6.07, 6.45) is 0. The standard InChI is InChI=1S/C13H20BrNO2S/c1-9(15-18(16)13(2,3)4)10-6-7-12(17-5)11(14)8-10/h6-9,15H,1-5H3/t9?,18-/m0/s1. The van der Waals surface area contributed by atoms with Gasteiger partial charge in [0, 0.05) is 6.04 Å². The maximum atomic E-state index is 12.0. The lowest BCUT2D eigenvalue weighted by molar-refractivity contribution is 0.412. The summed E-state index contributed by atoms with van der Waals surface area (Å²) < 4.78 is 21.0. The molecule has 0 bridgehead atoms. The van der Waals surface area contributed by atoms with E-state index in [2.05, 4.69) is 20.7 Å². The van der Waals surface area contributed by atoms with E-state index >= 15 is 0 Å². The number of methoxy groups -OCH3 is 1. The van der Waals surface area contributed by atoms with Gasteiger partial charge in [-0.05, 0) is 61.3 Å². The van der Waals surface area contributed by atoms with E-state index in [1.807, 2.05) is 45.9 Å². The van der Waals surface area contributed by atoms with Crippen molar-refractivity contribution in [2.24, 2.45) is 0 Å². The first-order chi connectivity index (χ1) is 8.25. The molecular weight excluding hydrogens is 314 g/mol. The molecule has 0 radical (unpaired) electrons. The summed E-state index contributed by atoms with van der Waals surface area (Å²) >= 11 is 3.45. The lowest BCUT2D eigenvalue weighted by Crippen LogP contribution is -2.34. The first-order valence-corrected chi connectivity index (χ1v) is 7.71. The Labute approximate surface area is 120 Å². The molecule has 2 atom stereocenters. The highest BCUT2D eigenvalue weighted by Gasteiger charge is 2.21. The number of rotatable bonds is 4. The van der Waals surface area contributed by atoms with Crippen molar-refractivity contribution in [2.45, 2.75) is 38.5 Å². The van der Waals surface area contributed by atoms with Crippen LogP contribution in [-0.4, -0.2) is 16.1 Å². The van der Waals surface area contributed by atoms with Gasteiger partial charge in [-0.1, -0.05) is 6.07 Å². The van der Waals surface area contributed by atoms with Crippen molar-refractivity contribution in [3.8, 4) is 5.75 Å². The van der Waals surface area contributed by atoms with Crippen molar-refractivity contribution >= 4 is 26.9 Å². The molecule has 0 spiro atoms. The Morgan fingerprint density at radius 2 is 2.00 bits per heavy atom. The SMILES string of the molecule is COc1ccc(C(C)N[S@@](=O)C(C)(C)C)cc1Br. The number of hydrogen-bond donors (Lipinski definition) is 1. The minimum Gasteiger partial charge on any atom is -0.496 e. The van der Waals surface area contributed by atoms with Crippen LogP contribution in [0.3, 0.4) is 0 Å². The van der Waals surface area contributed by atoms with Crippen LogP contribution in [0.2, 0.25) is 0 Å². The van der Waals surface area contributed by atoms with Gasteiger partial charge >= 0.3 is 0 Å². The number of ether oxygens (including phenoxy) is 1.